The molecule has 0 aromatic carbocycles. The van der Waals surface area contributed by atoms with Crippen molar-refractivity contribution in [1.29, 1.82) is 0 Å². The summed E-state index contributed by atoms with van der Waals surface area (Å²) in [6.45, 7) is 14.0. The number of rotatable bonds is 8. The molecule has 3 aliphatic carbocycles. The first-order valence-electron chi connectivity index (χ1n) is 15.8. The second-order valence-corrected chi connectivity index (χ2v) is 18.6. The van der Waals surface area contributed by atoms with Gasteiger partial charge in [-0.1, -0.05) is 64.8 Å². The van der Waals surface area contributed by atoms with E-state index in [-0.39, 0.29) is 23.9 Å². The molecule has 5 fully saturated rings. The Morgan fingerprint density at radius 2 is 1.95 bits per heavy atom. The normalized spacial score (nSPS) is 44.9. The molecule has 41 heavy (non-hydrogen) atoms. The molecule has 6 rings (SSSR count). The van der Waals surface area contributed by atoms with Gasteiger partial charge in [-0.15, -0.1) is 0 Å². The van der Waals surface area contributed by atoms with Gasteiger partial charge in [-0.05, 0) is 42.8 Å². The van der Waals surface area contributed by atoms with Gasteiger partial charge in [0.1, 0.15) is 11.0 Å². The van der Waals surface area contributed by atoms with Gasteiger partial charge < -0.3 is 28.1 Å². The number of allylic oxidation sites excluding steroid dienone is 1. The molecule has 228 valence electrons. The van der Waals surface area contributed by atoms with E-state index in [1.54, 1.807) is 7.11 Å². The average molecular weight is 589 g/mol. The predicted molar refractivity (Wildman–Crippen MR) is 154 cm³/mol. The van der Waals surface area contributed by atoms with Crippen molar-refractivity contribution in [3.05, 3.63) is 24.3 Å². The molecule has 3 saturated heterocycles. The van der Waals surface area contributed by atoms with Gasteiger partial charge in [0, 0.05) is 30.8 Å². The van der Waals surface area contributed by atoms with Gasteiger partial charge in [-0.2, -0.15) is 0 Å². The highest BCUT2D eigenvalue weighted by Gasteiger charge is 2.75. The van der Waals surface area contributed by atoms with E-state index in [0.29, 0.717) is 25.0 Å². The molecule has 0 amide bonds. The van der Waals surface area contributed by atoms with E-state index < -0.39 is 55.1 Å². The first-order chi connectivity index (χ1) is 19.6. The molecule has 0 aromatic rings. The molecular weight excluding hydrogens is 540 g/mol. The lowest BCUT2D eigenvalue weighted by molar-refractivity contribution is -0.270. The van der Waals surface area contributed by atoms with E-state index in [2.05, 4.69) is 33.8 Å². The number of ether oxygens (including phenoxy) is 5. The Labute approximate surface area is 245 Å². The molecule has 10 atom stereocenters. The van der Waals surface area contributed by atoms with Crippen molar-refractivity contribution in [2.75, 3.05) is 20.8 Å². The Bertz CT molecular complexity index is 1120. The fourth-order valence-electron chi connectivity index (χ4n) is 10.1. The van der Waals surface area contributed by atoms with Crippen LogP contribution < -0.4 is 0 Å². The highest BCUT2D eigenvalue weighted by molar-refractivity contribution is 6.75. The van der Waals surface area contributed by atoms with Crippen LogP contribution in [0.2, 0.25) is 17.6 Å². The zero-order valence-electron chi connectivity index (χ0n) is 25.6. The van der Waals surface area contributed by atoms with Gasteiger partial charge in [-0.25, -0.2) is 0 Å². The van der Waals surface area contributed by atoms with E-state index in [0.717, 1.165) is 43.3 Å². The van der Waals surface area contributed by atoms with Crippen LogP contribution in [0.4, 0.5) is 0 Å². The van der Waals surface area contributed by atoms with Gasteiger partial charge in [0.2, 0.25) is 0 Å². The standard InChI is InChI=1S/C32H48O8Si/c1-8-41(9-2,19(3)4)40-32-17-24(35-6)39-29(32)38-23-16-22(32)20(5)25(23)31(28(34)36-7)15-13-21-12-10-11-14-30(21)18-37-27(33)26(30)31/h13,15,19,21-26,29H,5,8-12,14,16-18H2,1-4,6-7H3/t21-,22-,23+,24+,25+,26?,29?,30?,31?,32+/m1/s1. The van der Waals surface area contributed by atoms with E-state index >= 15 is 0 Å². The molecule has 4 unspecified atom stereocenters. The average Bonchev–Trinajstić information content (AvgIpc) is 3.61. The molecule has 8 nitrogen and oxygen atoms in total. The summed E-state index contributed by atoms with van der Waals surface area (Å²) in [7, 11) is 0.855. The van der Waals surface area contributed by atoms with Crippen LogP contribution in [0.15, 0.2) is 24.3 Å². The second-order valence-electron chi connectivity index (χ2n) is 13.7. The Kier molecular flexibility index (Phi) is 7.41. The number of methoxy groups -OCH3 is 2. The van der Waals surface area contributed by atoms with Crippen LogP contribution in [0.5, 0.6) is 0 Å². The molecular formula is C32H48O8Si. The maximum absolute atomic E-state index is 14.2. The molecule has 1 spiro atoms. The number of cyclic esters (lactones) is 1. The molecule has 0 N–H and O–H groups in total. The smallest absolute Gasteiger partial charge is 0.317 e. The number of hydrogen-bond acceptors (Lipinski definition) is 8. The van der Waals surface area contributed by atoms with Crippen LogP contribution in [-0.4, -0.2) is 65.4 Å². The van der Waals surface area contributed by atoms with Crippen LogP contribution in [0.25, 0.3) is 0 Å². The summed E-state index contributed by atoms with van der Waals surface area (Å²) >= 11 is 0. The third-order valence-electron chi connectivity index (χ3n) is 12.2. The number of esters is 2. The summed E-state index contributed by atoms with van der Waals surface area (Å²) in [6, 6.07) is 1.96. The van der Waals surface area contributed by atoms with E-state index in [4.69, 9.17) is 34.7 Å². The van der Waals surface area contributed by atoms with Gasteiger partial charge in [0.15, 0.2) is 20.9 Å². The summed E-state index contributed by atoms with van der Waals surface area (Å²) in [4.78, 5) is 27.9. The summed E-state index contributed by atoms with van der Waals surface area (Å²) in [5.74, 6) is -1.71. The first-order valence-corrected chi connectivity index (χ1v) is 18.2. The molecule has 3 aliphatic heterocycles. The van der Waals surface area contributed by atoms with Crippen molar-refractivity contribution in [1.82, 2.24) is 0 Å². The SMILES string of the molecule is C=C1[C@H]2C[C@H](OC3O[C@H](OC)C[C@@]32O[Si](CC)(CC)C(C)C)[C@H]1C1(C(=O)OC)C=C[C@H]2CCCCC23COC(=O)C31. The van der Waals surface area contributed by atoms with Crippen LogP contribution >= 0.6 is 0 Å². The van der Waals surface area contributed by atoms with Gasteiger partial charge in [-0.3, -0.25) is 9.59 Å². The molecule has 0 radical (unpaired) electrons. The zero-order valence-corrected chi connectivity index (χ0v) is 26.6. The topological polar surface area (TPSA) is 89.5 Å². The quantitative estimate of drug-likeness (QED) is 0.208. The summed E-state index contributed by atoms with van der Waals surface area (Å²) in [5, 5.41) is 0. The third-order valence-corrected chi connectivity index (χ3v) is 17.5. The summed E-state index contributed by atoms with van der Waals surface area (Å²) in [5.41, 5.74) is -1.13. The Balaban J connectivity index is 1.47. The molecule has 9 heteroatoms. The fourth-order valence-corrected chi connectivity index (χ4v) is 13.8. The minimum absolute atomic E-state index is 0.104. The summed E-state index contributed by atoms with van der Waals surface area (Å²) < 4.78 is 37.8. The van der Waals surface area contributed by atoms with E-state index in [1.165, 1.54) is 7.11 Å². The van der Waals surface area contributed by atoms with Crippen LogP contribution in [0, 0.1) is 34.5 Å². The molecule has 2 bridgehead atoms. The zero-order chi connectivity index (χ0) is 29.4. The van der Waals surface area contributed by atoms with Crippen molar-refractivity contribution < 1.29 is 37.7 Å². The largest absolute Gasteiger partial charge is 0.468 e. The van der Waals surface area contributed by atoms with Crippen molar-refractivity contribution in [2.45, 2.75) is 108 Å². The lowest BCUT2D eigenvalue weighted by Crippen LogP contribution is -2.60. The maximum Gasteiger partial charge on any atom is 0.317 e. The van der Waals surface area contributed by atoms with Crippen LogP contribution in [0.1, 0.15) is 66.2 Å². The van der Waals surface area contributed by atoms with Crippen molar-refractivity contribution in [2.24, 2.45) is 34.5 Å². The Morgan fingerprint density at radius 1 is 1.20 bits per heavy atom. The highest BCUT2D eigenvalue weighted by atomic mass is 28.4. The summed E-state index contributed by atoms with van der Waals surface area (Å²) in [6.07, 6.45) is 7.87. The Hall–Kier alpha value is -1.52. The molecule has 2 saturated carbocycles. The number of hydrogen-bond donors (Lipinski definition) is 0. The van der Waals surface area contributed by atoms with Crippen molar-refractivity contribution >= 4 is 20.3 Å². The van der Waals surface area contributed by atoms with Crippen molar-refractivity contribution in [3.8, 4) is 0 Å². The lowest BCUT2D eigenvalue weighted by atomic mass is 9.47. The van der Waals surface area contributed by atoms with Crippen LogP contribution in [0.3, 0.4) is 0 Å². The molecule has 0 aromatic heterocycles. The minimum Gasteiger partial charge on any atom is -0.468 e. The second kappa shape index (κ2) is 10.3. The number of carbonyl (C=O) groups excluding carboxylic acids is 2. The molecule has 3 heterocycles. The van der Waals surface area contributed by atoms with E-state index in [9.17, 15) is 9.59 Å². The molecule has 6 aliphatic rings. The van der Waals surface area contributed by atoms with Gasteiger partial charge >= 0.3 is 11.9 Å². The van der Waals surface area contributed by atoms with E-state index in [1.807, 2.05) is 6.08 Å². The lowest BCUT2D eigenvalue weighted by Gasteiger charge is -2.53. The predicted octanol–water partition coefficient (Wildman–Crippen LogP) is 5.53. The number of fused-ring (bicyclic) bond motifs is 4. The van der Waals surface area contributed by atoms with Gasteiger partial charge in [0.05, 0.1) is 25.7 Å². The fraction of sp³-hybridized carbons (Fsp3) is 0.812. The minimum atomic E-state index is -2.22. The Morgan fingerprint density at radius 3 is 2.61 bits per heavy atom. The first kappa shape index (κ1) is 29.5. The maximum atomic E-state index is 14.2. The number of carbonyl (C=O) groups is 2. The highest BCUT2D eigenvalue weighted by Crippen LogP contribution is 2.68. The third kappa shape index (κ3) is 3.84. The van der Waals surface area contributed by atoms with Gasteiger partial charge in [0.25, 0.3) is 0 Å². The van der Waals surface area contributed by atoms with Crippen molar-refractivity contribution in [3.63, 3.8) is 0 Å². The van der Waals surface area contributed by atoms with Crippen LogP contribution in [-0.2, 0) is 37.7 Å². The monoisotopic (exact) mass is 588 g/mol.